The van der Waals surface area contributed by atoms with Gasteiger partial charge in [0.2, 0.25) is 0 Å². The first-order chi connectivity index (χ1) is 6.65. The lowest BCUT2D eigenvalue weighted by molar-refractivity contribution is 0.196. The van der Waals surface area contributed by atoms with E-state index in [1.54, 1.807) is 4.90 Å². The van der Waals surface area contributed by atoms with Crippen LogP contribution in [0, 0.1) is 0 Å². The summed E-state index contributed by atoms with van der Waals surface area (Å²) in [4.78, 5) is 14.7. The van der Waals surface area contributed by atoms with E-state index in [0.29, 0.717) is 6.04 Å². The third-order valence-corrected chi connectivity index (χ3v) is 2.77. The molecule has 0 aromatic heterocycles. The van der Waals surface area contributed by atoms with Crippen molar-refractivity contribution in [1.82, 2.24) is 9.80 Å². The van der Waals surface area contributed by atoms with Gasteiger partial charge >= 0.3 is 6.03 Å². The third-order valence-electron chi connectivity index (χ3n) is 2.77. The molecule has 1 atom stereocenters. The quantitative estimate of drug-likeness (QED) is 0.641. The van der Waals surface area contributed by atoms with Gasteiger partial charge in [0.1, 0.15) is 0 Å². The van der Waals surface area contributed by atoms with Crippen molar-refractivity contribution in [2.45, 2.75) is 18.9 Å². The van der Waals surface area contributed by atoms with Crippen LogP contribution in [-0.2, 0) is 0 Å². The molecule has 1 heterocycles. The summed E-state index contributed by atoms with van der Waals surface area (Å²) in [6.45, 7) is 2.56. The molecule has 0 radical (unpaired) electrons. The summed E-state index contributed by atoms with van der Waals surface area (Å²) >= 11 is 0. The van der Waals surface area contributed by atoms with Gasteiger partial charge in [0.15, 0.2) is 0 Å². The summed E-state index contributed by atoms with van der Waals surface area (Å²) in [5.41, 5.74) is 5.19. The van der Waals surface area contributed by atoms with Crippen molar-refractivity contribution in [2.75, 3.05) is 33.3 Å². The fourth-order valence-electron chi connectivity index (χ4n) is 1.80. The molecule has 0 aromatic carbocycles. The number of amides is 2. The molecule has 82 valence electrons. The predicted octanol–water partition coefficient (Wildman–Crippen LogP) is -0.546. The van der Waals surface area contributed by atoms with E-state index in [2.05, 4.69) is 4.90 Å². The fraction of sp³-hybridized carbons (Fsp3) is 0.889. The Morgan fingerprint density at radius 3 is 2.93 bits per heavy atom. The highest BCUT2D eigenvalue weighted by atomic mass is 16.3. The second kappa shape index (κ2) is 5.17. The van der Waals surface area contributed by atoms with Crippen molar-refractivity contribution < 1.29 is 9.90 Å². The van der Waals surface area contributed by atoms with E-state index < -0.39 is 0 Å². The maximum Gasteiger partial charge on any atom is 0.314 e. The number of carbonyl (C=O) groups excluding carboxylic acids is 1. The van der Waals surface area contributed by atoms with Crippen molar-refractivity contribution in [3.63, 3.8) is 0 Å². The number of carbonyl (C=O) groups is 1. The number of likely N-dealkylation sites (tertiary alicyclic amines) is 1. The van der Waals surface area contributed by atoms with Gasteiger partial charge in [-0.25, -0.2) is 4.79 Å². The minimum Gasteiger partial charge on any atom is -0.396 e. The van der Waals surface area contributed by atoms with Crippen LogP contribution in [0.4, 0.5) is 4.79 Å². The van der Waals surface area contributed by atoms with Gasteiger partial charge < -0.3 is 20.6 Å². The van der Waals surface area contributed by atoms with Crippen molar-refractivity contribution >= 4 is 6.03 Å². The van der Waals surface area contributed by atoms with Gasteiger partial charge in [0, 0.05) is 32.3 Å². The fourth-order valence-corrected chi connectivity index (χ4v) is 1.80. The Kier molecular flexibility index (Phi) is 4.16. The average Bonchev–Trinajstić information content (AvgIpc) is 2.62. The molecule has 2 amide bonds. The molecule has 1 saturated heterocycles. The van der Waals surface area contributed by atoms with Gasteiger partial charge in [0.05, 0.1) is 0 Å². The highest BCUT2D eigenvalue weighted by molar-refractivity contribution is 5.72. The van der Waals surface area contributed by atoms with Crippen molar-refractivity contribution in [3.05, 3.63) is 0 Å². The molecule has 1 aliphatic heterocycles. The molecule has 14 heavy (non-hydrogen) atoms. The number of likely N-dealkylation sites (N-methyl/N-ethyl adjacent to an activating group) is 1. The van der Waals surface area contributed by atoms with E-state index in [1.165, 1.54) is 0 Å². The number of primary amides is 1. The van der Waals surface area contributed by atoms with Crippen molar-refractivity contribution in [1.29, 1.82) is 0 Å². The standard InChI is InChI=1S/C9H19N3O2/c1-11(4-2-6-13)8-3-5-12(7-8)9(10)14/h8,13H,2-7H2,1H3,(H2,10,14). The summed E-state index contributed by atoms with van der Waals surface area (Å²) in [5.74, 6) is 0. The lowest BCUT2D eigenvalue weighted by Gasteiger charge is -2.23. The molecular formula is C9H19N3O2. The minimum atomic E-state index is -0.331. The molecule has 0 spiro atoms. The van der Waals surface area contributed by atoms with E-state index in [4.69, 9.17) is 10.8 Å². The van der Waals surface area contributed by atoms with Gasteiger partial charge in [-0.05, 0) is 19.9 Å². The van der Waals surface area contributed by atoms with Crippen LogP contribution in [0.1, 0.15) is 12.8 Å². The number of aliphatic hydroxyl groups is 1. The van der Waals surface area contributed by atoms with Crippen LogP contribution >= 0.6 is 0 Å². The van der Waals surface area contributed by atoms with Gasteiger partial charge in [-0.2, -0.15) is 0 Å². The average molecular weight is 201 g/mol. The number of urea groups is 1. The normalized spacial score (nSPS) is 21.9. The molecule has 3 N–H and O–H groups in total. The summed E-state index contributed by atoms with van der Waals surface area (Å²) < 4.78 is 0. The number of nitrogens with zero attached hydrogens (tertiary/aromatic N) is 2. The Morgan fingerprint density at radius 1 is 1.71 bits per heavy atom. The van der Waals surface area contributed by atoms with E-state index in [0.717, 1.165) is 32.5 Å². The lowest BCUT2D eigenvalue weighted by Crippen LogP contribution is -2.39. The Bertz CT molecular complexity index is 198. The van der Waals surface area contributed by atoms with Crippen LogP contribution in [0.3, 0.4) is 0 Å². The zero-order chi connectivity index (χ0) is 10.6. The Morgan fingerprint density at radius 2 is 2.43 bits per heavy atom. The first-order valence-electron chi connectivity index (χ1n) is 5.00. The van der Waals surface area contributed by atoms with E-state index in [9.17, 15) is 4.79 Å². The molecule has 0 aromatic rings. The maximum absolute atomic E-state index is 10.9. The molecule has 5 nitrogen and oxygen atoms in total. The molecule has 1 unspecified atom stereocenters. The highest BCUT2D eigenvalue weighted by Crippen LogP contribution is 2.13. The molecule has 1 fully saturated rings. The topological polar surface area (TPSA) is 69.8 Å². The largest absolute Gasteiger partial charge is 0.396 e. The van der Waals surface area contributed by atoms with E-state index >= 15 is 0 Å². The number of hydrogen-bond donors (Lipinski definition) is 2. The maximum atomic E-state index is 10.9. The molecule has 1 rings (SSSR count). The van der Waals surface area contributed by atoms with Gasteiger partial charge in [0.25, 0.3) is 0 Å². The molecule has 0 saturated carbocycles. The summed E-state index contributed by atoms with van der Waals surface area (Å²) in [6.07, 6.45) is 1.76. The second-order valence-electron chi connectivity index (χ2n) is 3.78. The van der Waals surface area contributed by atoms with E-state index in [-0.39, 0.29) is 12.6 Å². The van der Waals surface area contributed by atoms with Crippen LogP contribution in [0.2, 0.25) is 0 Å². The van der Waals surface area contributed by atoms with Crippen molar-refractivity contribution in [2.24, 2.45) is 5.73 Å². The molecule has 0 bridgehead atoms. The highest BCUT2D eigenvalue weighted by Gasteiger charge is 2.26. The van der Waals surface area contributed by atoms with Crippen LogP contribution in [-0.4, -0.2) is 60.3 Å². The first kappa shape index (κ1) is 11.3. The summed E-state index contributed by atoms with van der Waals surface area (Å²) in [5, 5.41) is 8.69. The van der Waals surface area contributed by atoms with Gasteiger partial charge in [-0.1, -0.05) is 0 Å². The van der Waals surface area contributed by atoms with Gasteiger partial charge in [-0.3, -0.25) is 0 Å². The SMILES string of the molecule is CN(CCCO)C1CCN(C(N)=O)C1. The van der Waals surface area contributed by atoms with E-state index in [1.807, 2.05) is 7.05 Å². The molecular weight excluding hydrogens is 182 g/mol. The predicted molar refractivity (Wildman–Crippen MR) is 53.9 cm³/mol. The van der Waals surface area contributed by atoms with Crippen molar-refractivity contribution in [3.8, 4) is 0 Å². The van der Waals surface area contributed by atoms with Crippen LogP contribution < -0.4 is 5.73 Å². The van der Waals surface area contributed by atoms with Gasteiger partial charge in [-0.15, -0.1) is 0 Å². The number of nitrogens with two attached hydrogens (primary N) is 1. The number of aliphatic hydroxyl groups excluding tert-OH is 1. The number of hydrogen-bond acceptors (Lipinski definition) is 3. The molecule has 0 aliphatic carbocycles. The van der Waals surface area contributed by atoms with Crippen LogP contribution in [0.5, 0.6) is 0 Å². The Hall–Kier alpha value is -0.810. The summed E-state index contributed by atoms with van der Waals surface area (Å²) in [6, 6.07) is 0.0668. The molecule has 1 aliphatic rings. The first-order valence-corrected chi connectivity index (χ1v) is 5.00. The Labute approximate surface area is 84.5 Å². The third kappa shape index (κ3) is 2.85. The Balaban J connectivity index is 2.30. The lowest BCUT2D eigenvalue weighted by atomic mass is 10.2. The molecule has 5 heteroatoms. The minimum absolute atomic E-state index is 0.219. The zero-order valence-corrected chi connectivity index (χ0v) is 8.65. The van der Waals surface area contributed by atoms with Crippen LogP contribution in [0.15, 0.2) is 0 Å². The monoisotopic (exact) mass is 201 g/mol. The van der Waals surface area contributed by atoms with Crippen LogP contribution in [0.25, 0.3) is 0 Å². The smallest absolute Gasteiger partial charge is 0.314 e. The number of rotatable bonds is 4. The zero-order valence-electron chi connectivity index (χ0n) is 8.65. The second-order valence-corrected chi connectivity index (χ2v) is 3.78. The summed E-state index contributed by atoms with van der Waals surface area (Å²) in [7, 11) is 2.02.